The van der Waals surface area contributed by atoms with Crippen LogP contribution in [0.1, 0.15) is 6.92 Å². The molecule has 0 unspecified atom stereocenters. The van der Waals surface area contributed by atoms with Crippen molar-refractivity contribution < 1.29 is 14.3 Å². The number of amides is 2. The summed E-state index contributed by atoms with van der Waals surface area (Å²) in [7, 11) is 0. The minimum Gasteiger partial charge on any atom is -0.484 e. The van der Waals surface area contributed by atoms with Gasteiger partial charge in [-0.1, -0.05) is 30.3 Å². The van der Waals surface area contributed by atoms with Gasteiger partial charge in [0.05, 0.1) is 5.75 Å². The van der Waals surface area contributed by atoms with Crippen LogP contribution >= 0.6 is 11.8 Å². The summed E-state index contributed by atoms with van der Waals surface area (Å²) in [4.78, 5) is 24.7. The Morgan fingerprint density at radius 1 is 0.929 bits per heavy atom. The molecule has 0 aliphatic heterocycles. The molecular formula is C22H22N2O3S. The number of fused-ring (bicyclic) bond motifs is 1. The van der Waals surface area contributed by atoms with Gasteiger partial charge in [-0.3, -0.25) is 9.59 Å². The number of carbonyl (C=O) groups excluding carboxylic acids is 2. The second-order valence-corrected chi connectivity index (χ2v) is 7.16. The van der Waals surface area contributed by atoms with Crippen LogP contribution in [0.5, 0.6) is 5.75 Å². The summed E-state index contributed by atoms with van der Waals surface area (Å²) < 4.78 is 5.39. The first-order valence-corrected chi connectivity index (χ1v) is 10.0. The van der Waals surface area contributed by atoms with E-state index >= 15 is 0 Å². The zero-order valence-corrected chi connectivity index (χ0v) is 16.4. The lowest BCUT2D eigenvalue weighted by atomic mass is 10.1. The van der Waals surface area contributed by atoms with Crippen LogP contribution < -0.4 is 15.4 Å². The van der Waals surface area contributed by atoms with Crippen molar-refractivity contribution in [1.82, 2.24) is 5.32 Å². The SMILES string of the molecule is CCNC(=O)COc1ccc(NC(=O)CSc2ccc3ccccc3c2)cc1. The smallest absolute Gasteiger partial charge is 0.257 e. The second-order valence-electron chi connectivity index (χ2n) is 6.11. The predicted octanol–water partition coefficient (Wildman–Crippen LogP) is 4.09. The van der Waals surface area contributed by atoms with Gasteiger partial charge in [-0.25, -0.2) is 0 Å². The Labute approximate surface area is 168 Å². The lowest BCUT2D eigenvalue weighted by Gasteiger charge is -2.08. The summed E-state index contributed by atoms with van der Waals surface area (Å²) in [6.45, 7) is 2.40. The molecule has 3 aromatic carbocycles. The van der Waals surface area contributed by atoms with Crippen LogP contribution in [0.2, 0.25) is 0 Å². The maximum atomic E-state index is 12.2. The fourth-order valence-corrected chi connectivity index (χ4v) is 3.38. The van der Waals surface area contributed by atoms with Gasteiger partial charge in [0.1, 0.15) is 5.75 Å². The largest absolute Gasteiger partial charge is 0.484 e. The number of ether oxygens (including phenoxy) is 1. The van der Waals surface area contributed by atoms with Crippen LogP contribution in [-0.2, 0) is 9.59 Å². The van der Waals surface area contributed by atoms with E-state index in [2.05, 4.69) is 34.9 Å². The number of anilines is 1. The van der Waals surface area contributed by atoms with Gasteiger partial charge in [0.25, 0.3) is 5.91 Å². The van der Waals surface area contributed by atoms with Crippen molar-refractivity contribution in [3.8, 4) is 5.75 Å². The average molecular weight is 394 g/mol. The minimum absolute atomic E-state index is 0.0258. The fourth-order valence-electron chi connectivity index (χ4n) is 2.63. The third-order valence-electron chi connectivity index (χ3n) is 3.97. The quantitative estimate of drug-likeness (QED) is 0.565. The second kappa shape index (κ2) is 9.80. The Hall–Kier alpha value is -2.99. The van der Waals surface area contributed by atoms with E-state index in [0.717, 1.165) is 10.3 Å². The van der Waals surface area contributed by atoms with Gasteiger partial charge >= 0.3 is 0 Å². The Balaban J connectivity index is 1.48. The predicted molar refractivity (Wildman–Crippen MR) is 114 cm³/mol. The van der Waals surface area contributed by atoms with E-state index in [1.165, 1.54) is 17.1 Å². The van der Waals surface area contributed by atoms with Gasteiger partial charge in [0, 0.05) is 17.1 Å². The maximum Gasteiger partial charge on any atom is 0.257 e. The van der Waals surface area contributed by atoms with Crippen molar-refractivity contribution in [2.24, 2.45) is 0 Å². The van der Waals surface area contributed by atoms with Crippen LogP contribution in [0.3, 0.4) is 0 Å². The van der Waals surface area contributed by atoms with Gasteiger partial charge in [-0.05, 0) is 54.1 Å². The van der Waals surface area contributed by atoms with E-state index in [9.17, 15) is 9.59 Å². The van der Waals surface area contributed by atoms with Crippen molar-refractivity contribution in [3.05, 3.63) is 66.7 Å². The molecule has 144 valence electrons. The third kappa shape index (κ3) is 5.76. The van der Waals surface area contributed by atoms with E-state index < -0.39 is 0 Å². The standard InChI is InChI=1S/C22H22N2O3S/c1-2-23-21(25)14-27-19-10-8-18(9-11-19)24-22(26)15-28-20-12-7-16-5-3-4-6-17(16)13-20/h3-13H,2,14-15H2,1H3,(H,23,25)(H,24,26). The highest BCUT2D eigenvalue weighted by atomic mass is 32.2. The first-order chi connectivity index (χ1) is 13.6. The Bertz CT molecular complexity index is 957. The van der Waals surface area contributed by atoms with Gasteiger partial charge < -0.3 is 15.4 Å². The molecule has 5 nitrogen and oxygen atoms in total. The zero-order valence-electron chi connectivity index (χ0n) is 15.6. The van der Waals surface area contributed by atoms with Crippen LogP contribution in [0, 0.1) is 0 Å². The topological polar surface area (TPSA) is 67.4 Å². The summed E-state index contributed by atoms with van der Waals surface area (Å²) in [5.74, 6) is 0.669. The lowest BCUT2D eigenvalue weighted by Crippen LogP contribution is -2.28. The normalized spacial score (nSPS) is 10.5. The molecule has 3 rings (SSSR count). The molecular weight excluding hydrogens is 372 g/mol. The molecule has 6 heteroatoms. The summed E-state index contributed by atoms with van der Waals surface area (Å²) in [6, 6.07) is 21.3. The highest BCUT2D eigenvalue weighted by molar-refractivity contribution is 8.00. The number of thioether (sulfide) groups is 1. The summed E-state index contributed by atoms with van der Waals surface area (Å²) in [5, 5.41) is 7.88. The van der Waals surface area contributed by atoms with Gasteiger partial charge in [0.2, 0.25) is 5.91 Å². The molecule has 0 atom stereocenters. The first kappa shape index (κ1) is 19.8. The molecule has 0 aliphatic carbocycles. The number of likely N-dealkylation sites (N-methyl/N-ethyl adjacent to an activating group) is 1. The number of benzene rings is 3. The van der Waals surface area contributed by atoms with Crippen molar-refractivity contribution in [2.75, 3.05) is 24.2 Å². The van der Waals surface area contributed by atoms with Crippen molar-refractivity contribution in [1.29, 1.82) is 0 Å². The maximum absolute atomic E-state index is 12.2. The molecule has 2 N–H and O–H groups in total. The monoisotopic (exact) mass is 394 g/mol. The molecule has 2 amide bonds. The van der Waals surface area contributed by atoms with Crippen molar-refractivity contribution in [2.45, 2.75) is 11.8 Å². The van der Waals surface area contributed by atoms with Crippen molar-refractivity contribution in [3.63, 3.8) is 0 Å². The molecule has 0 aliphatic rings. The number of nitrogens with one attached hydrogen (secondary N) is 2. The van der Waals surface area contributed by atoms with E-state index in [-0.39, 0.29) is 18.4 Å². The Morgan fingerprint density at radius 2 is 1.68 bits per heavy atom. The highest BCUT2D eigenvalue weighted by Gasteiger charge is 2.06. The van der Waals surface area contributed by atoms with Gasteiger partial charge in [0.15, 0.2) is 6.61 Å². The van der Waals surface area contributed by atoms with E-state index in [4.69, 9.17) is 4.74 Å². The van der Waals surface area contributed by atoms with E-state index in [1.807, 2.05) is 25.1 Å². The summed E-state index contributed by atoms with van der Waals surface area (Å²) in [6.07, 6.45) is 0. The number of hydrogen-bond donors (Lipinski definition) is 2. The average Bonchev–Trinajstić information content (AvgIpc) is 2.72. The highest BCUT2D eigenvalue weighted by Crippen LogP contribution is 2.24. The fraction of sp³-hybridized carbons (Fsp3) is 0.182. The van der Waals surface area contributed by atoms with Crippen LogP contribution in [0.15, 0.2) is 71.6 Å². The summed E-state index contributed by atoms with van der Waals surface area (Å²) >= 11 is 1.50. The lowest BCUT2D eigenvalue weighted by molar-refractivity contribution is -0.123. The Kier molecular flexibility index (Phi) is 6.92. The van der Waals surface area contributed by atoms with Crippen LogP contribution in [0.4, 0.5) is 5.69 Å². The van der Waals surface area contributed by atoms with Gasteiger partial charge in [-0.2, -0.15) is 0 Å². The minimum atomic E-state index is -0.161. The number of carbonyl (C=O) groups is 2. The number of rotatable bonds is 8. The molecule has 0 heterocycles. The molecule has 0 fully saturated rings. The van der Waals surface area contributed by atoms with Crippen LogP contribution in [0.25, 0.3) is 10.8 Å². The third-order valence-corrected chi connectivity index (χ3v) is 4.97. The Morgan fingerprint density at radius 3 is 2.43 bits per heavy atom. The molecule has 28 heavy (non-hydrogen) atoms. The molecule has 0 aromatic heterocycles. The molecule has 0 saturated carbocycles. The van der Waals surface area contributed by atoms with Gasteiger partial charge in [-0.15, -0.1) is 11.8 Å². The van der Waals surface area contributed by atoms with Crippen LogP contribution in [-0.4, -0.2) is 30.7 Å². The summed E-state index contributed by atoms with van der Waals surface area (Å²) in [5.41, 5.74) is 0.689. The molecule has 0 bridgehead atoms. The zero-order chi connectivity index (χ0) is 19.8. The molecule has 0 saturated heterocycles. The van der Waals surface area contributed by atoms with E-state index in [1.54, 1.807) is 24.3 Å². The molecule has 0 radical (unpaired) electrons. The molecule has 0 spiro atoms. The molecule has 3 aromatic rings. The first-order valence-electron chi connectivity index (χ1n) is 9.05. The van der Waals surface area contributed by atoms with E-state index in [0.29, 0.717) is 23.7 Å². The van der Waals surface area contributed by atoms with Crippen molar-refractivity contribution >= 4 is 40.0 Å². The number of hydrogen-bond acceptors (Lipinski definition) is 4.